The van der Waals surface area contributed by atoms with E-state index in [1.54, 1.807) is 0 Å². The minimum Gasteiger partial charge on any atom is -0.312 e. The summed E-state index contributed by atoms with van der Waals surface area (Å²) >= 11 is 0. The summed E-state index contributed by atoms with van der Waals surface area (Å²) in [7, 11) is 2.23. The van der Waals surface area contributed by atoms with Crippen LogP contribution in [0.15, 0.2) is 0 Å². The highest BCUT2D eigenvalue weighted by Gasteiger charge is 2.29. The van der Waals surface area contributed by atoms with Crippen molar-refractivity contribution in [2.45, 2.75) is 64.0 Å². The normalized spacial score (nSPS) is 25.4. The van der Waals surface area contributed by atoms with Crippen molar-refractivity contribution in [3.8, 4) is 0 Å². The molecular formula is C16H33N3. The number of nitrogens with zero attached hydrogens (tertiary/aromatic N) is 2. The number of rotatable bonds is 4. The third-order valence-electron chi connectivity index (χ3n) is 5.04. The molecule has 2 rings (SSSR count). The predicted octanol–water partition coefficient (Wildman–Crippen LogP) is 2.32. The van der Waals surface area contributed by atoms with Gasteiger partial charge in [0.2, 0.25) is 0 Å². The van der Waals surface area contributed by atoms with Crippen LogP contribution in [0.25, 0.3) is 0 Å². The van der Waals surface area contributed by atoms with Gasteiger partial charge in [-0.25, -0.2) is 0 Å². The van der Waals surface area contributed by atoms with Crippen LogP contribution < -0.4 is 5.32 Å². The largest absolute Gasteiger partial charge is 0.312 e. The van der Waals surface area contributed by atoms with Gasteiger partial charge in [-0.1, -0.05) is 25.7 Å². The summed E-state index contributed by atoms with van der Waals surface area (Å²) < 4.78 is 0. The standard InChI is InChI=1S/C16H33N3/c1-16(2,19-12-10-18(3)11-13-19)14-17-15-8-6-4-5-7-9-15/h15,17H,4-14H2,1-3H3. The number of piperazine rings is 1. The summed E-state index contributed by atoms with van der Waals surface area (Å²) in [5.41, 5.74) is 0.299. The van der Waals surface area contributed by atoms with Gasteiger partial charge in [-0.3, -0.25) is 4.90 Å². The van der Waals surface area contributed by atoms with Crippen molar-refractivity contribution < 1.29 is 0 Å². The molecule has 1 saturated heterocycles. The Morgan fingerprint density at radius 3 is 2.11 bits per heavy atom. The van der Waals surface area contributed by atoms with E-state index in [9.17, 15) is 0 Å². The maximum atomic E-state index is 3.86. The number of likely N-dealkylation sites (N-methyl/N-ethyl adjacent to an activating group) is 1. The molecular weight excluding hydrogens is 234 g/mol. The van der Waals surface area contributed by atoms with E-state index in [1.807, 2.05) is 0 Å². The van der Waals surface area contributed by atoms with Crippen LogP contribution in [0, 0.1) is 0 Å². The van der Waals surface area contributed by atoms with Crippen molar-refractivity contribution in [2.75, 3.05) is 39.8 Å². The number of hydrogen-bond acceptors (Lipinski definition) is 3. The van der Waals surface area contributed by atoms with Crippen LogP contribution in [0.5, 0.6) is 0 Å². The van der Waals surface area contributed by atoms with Crippen molar-refractivity contribution in [3.05, 3.63) is 0 Å². The van der Waals surface area contributed by atoms with Crippen molar-refractivity contribution >= 4 is 0 Å². The Morgan fingerprint density at radius 1 is 0.947 bits per heavy atom. The molecule has 3 heteroatoms. The van der Waals surface area contributed by atoms with E-state index in [4.69, 9.17) is 0 Å². The molecule has 2 aliphatic rings. The lowest BCUT2D eigenvalue weighted by Crippen LogP contribution is -2.58. The summed E-state index contributed by atoms with van der Waals surface area (Å²) in [5.74, 6) is 0. The van der Waals surface area contributed by atoms with Crippen molar-refractivity contribution in [1.29, 1.82) is 0 Å². The zero-order valence-electron chi connectivity index (χ0n) is 13.2. The molecule has 1 aliphatic carbocycles. The van der Waals surface area contributed by atoms with Gasteiger partial charge in [0.25, 0.3) is 0 Å². The fourth-order valence-corrected chi connectivity index (χ4v) is 3.40. The van der Waals surface area contributed by atoms with E-state index >= 15 is 0 Å². The Hall–Kier alpha value is -0.120. The molecule has 0 amide bonds. The third-order valence-corrected chi connectivity index (χ3v) is 5.04. The summed E-state index contributed by atoms with van der Waals surface area (Å²) in [6, 6.07) is 0.772. The molecule has 0 aromatic carbocycles. The van der Waals surface area contributed by atoms with E-state index in [-0.39, 0.29) is 0 Å². The average Bonchev–Trinajstić information content (AvgIpc) is 2.65. The molecule has 0 atom stereocenters. The summed E-state index contributed by atoms with van der Waals surface area (Å²) in [5, 5.41) is 3.86. The lowest BCUT2D eigenvalue weighted by Gasteiger charge is -2.44. The fraction of sp³-hybridized carbons (Fsp3) is 1.00. The molecule has 19 heavy (non-hydrogen) atoms. The Labute approximate surface area is 119 Å². The second-order valence-electron chi connectivity index (χ2n) is 7.17. The first-order valence-electron chi connectivity index (χ1n) is 8.25. The molecule has 3 nitrogen and oxygen atoms in total. The Bertz CT molecular complexity index is 249. The SMILES string of the molecule is CN1CCN(C(C)(C)CNC2CCCCCC2)CC1. The van der Waals surface area contributed by atoms with Crippen molar-refractivity contribution in [1.82, 2.24) is 15.1 Å². The fourth-order valence-electron chi connectivity index (χ4n) is 3.40. The summed E-state index contributed by atoms with van der Waals surface area (Å²) in [6.45, 7) is 10.8. The van der Waals surface area contributed by atoms with Gasteiger partial charge in [-0.05, 0) is 33.7 Å². The van der Waals surface area contributed by atoms with Crippen LogP contribution in [0.2, 0.25) is 0 Å². The first kappa shape index (κ1) is 15.3. The van der Waals surface area contributed by atoms with Crippen molar-refractivity contribution in [3.63, 3.8) is 0 Å². The van der Waals surface area contributed by atoms with Gasteiger partial charge < -0.3 is 10.2 Å². The molecule has 0 bridgehead atoms. The lowest BCUT2D eigenvalue weighted by molar-refractivity contribution is 0.0598. The summed E-state index contributed by atoms with van der Waals surface area (Å²) in [6.07, 6.45) is 8.51. The van der Waals surface area contributed by atoms with Gasteiger partial charge in [0, 0.05) is 44.3 Å². The summed E-state index contributed by atoms with van der Waals surface area (Å²) in [4.78, 5) is 5.10. The molecule has 1 heterocycles. The molecule has 2 fully saturated rings. The predicted molar refractivity (Wildman–Crippen MR) is 82.6 cm³/mol. The van der Waals surface area contributed by atoms with Crippen molar-refractivity contribution in [2.24, 2.45) is 0 Å². The van der Waals surface area contributed by atoms with Crippen LogP contribution in [-0.2, 0) is 0 Å². The Balaban J connectivity index is 1.76. The highest BCUT2D eigenvalue weighted by Crippen LogP contribution is 2.20. The molecule has 0 aromatic rings. The van der Waals surface area contributed by atoms with E-state index in [1.165, 1.54) is 64.7 Å². The topological polar surface area (TPSA) is 18.5 Å². The van der Waals surface area contributed by atoms with E-state index in [2.05, 4.69) is 36.0 Å². The second-order valence-corrected chi connectivity index (χ2v) is 7.17. The zero-order chi connectivity index (χ0) is 13.7. The minimum absolute atomic E-state index is 0.299. The first-order valence-corrected chi connectivity index (χ1v) is 8.25. The zero-order valence-corrected chi connectivity index (χ0v) is 13.2. The average molecular weight is 267 g/mol. The molecule has 0 radical (unpaired) electrons. The molecule has 1 aliphatic heterocycles. The second kappa shape index (κ2) is 7.05. The molecule has 0 spiro atoms. The van der Waals surface area contributed by atoms with E-state index in [0.29, 0.717) is 5.54 Å². The van der Waals surface area contributed by atoms with Gasteiger partial charge >= 0.3 is 0 Å². The van der Waals surface area contributed by atoms with Gasteiger partial charge in [0.1, 0.15) is 0 Å². The smallest absolute Gasteiger partial charge is 0.0278 e. The Morgan fingerprint density at radius 2 is 1.53 bits per heavy atom. The third kappa shape index (κ3) is 4.73. The molecule has 0 unspecified atom stereocenters. The van der Waals surface area contributed by atoms with Crippen LogP contribution in [0.4, 0.5) is 0 Å². The van der Waals surface area contributed by atoms with Gasteiger partial charge in [-0.2, -0.15) is 0 Å². The lowest BCUT2D eigenvalue weighted by atomic mass is 10.00. The van der Waals surface area contributed by atoms with Gasteiger partial charge in [0.05, 0.1) is 0 Å². The monoisotopic (exact) mass is 267 g/mol. The number of hydrogen-bond donors (Lipinski definition) is 1. The number of nitrogens with one attached hydrogen (secondary N) is 1. The molecule has 1 N–H and O–H groups in total. The molecule has 112 valence electrons. The Kier molecular flexibility index (Phi) is 5.67. The maximum absolute atomic E-state index is 3.86. The minimum atomic E-state index is 0.299. The molecule has 0 aromatic heterocycles. The van der Waals surface area contributed by atoms with Gasteiger partial charge in [-0.15, -0.1) is 0 Å². The van der Waals surface area contributed by atoms with Crippen LogP contribution in [0.3, 0.4) is 0 Å². The van der Waals surface area contributed by atoms with E-state index in [0.717, 1.165) is 12.6 Å². The maximum Gasteiger partial charge on any atom is 0.0278 e. The molecule has 1 saturated carbocycles. The van der Waals surface area contributed by atoms with Crippen LogP contribution in [-0.4, -0.2) is 61.2 Å². The van der Waals surface area contributed by atoms with Gasteiger partial charge in [0.15, 0.2) is 0 Å². The quantitative estimate of drug-likeness (QED) is 0.789. The van der Waals surface area contributed by atoms with Crippen LogP contribution >= 0.6 is 0 Å². The highest BCUT2D eigenvalue weighted by atomic mass is 15.3. The van der Waals surface area contributed by atoms with E-state index < -0.39 is 0 Å². The highest BCUT2D eigenvalue weighted by molar-refractivity contribution is 4.88. The first-order chi connectivity index (χ1) is 9.08. The van der Waals surface area contributed by atoms with Crippen LogP contribution in [0.1, 0.15) is 52.4 Å².